The van der Waals surface area contributed by atoms with Crippen LogP contribution in [0.5, 0.6) is 0 Å². The first-order valence-electron chi connectivity index (χ1n) is 14.6. The molecule has 0 aliphatic carbocycles. The summed E-state index contributed by atoms with van der Waals surface area (Å²) in [6.45, 7) is 25.3. The molecule has 0 aliphatic rings. The maximum absolute atomic E-state index is 2.70. The van der Waals surface area contributed by atoms with Crippen LogP contribution in [0.3, 0.4) is 0 Å². The van der Waals surface area contributed by atoms with E-state index in [0.717, 1.165) is 10.5 Å². The molecule has 0 amide bonds. The van der Waals surface area contributed by atoms with E-state index in [1.165, 1.54) is 34.8 Å². The van der Waals surface area contributed by atoms with Gasteiger partial charge in [-0.1, -0.05) is 106 Å². The summed E-state index contributed by atoms with van der Waals surface area (Å²) in [4.78, 5) is 3.02. The molecule has 38 heavy (non-hydrogen) atoms. The maximum Gasteiger partial charge on any atom is 0.00208 e. The third-order valence-electron chi connectivity index (χ3n) is 10.6. The fraction of sp³-hybridized carbons (Fsp3) is 0.657. The van der Waals surface area contributed by atoms with Gasteiger partial charge in [-0.2, -0.15) is 10.0 Å². The van der Waals surface area contributed by atoms with Crippen molar-refractivity contribution in [3.8, 4) is 0 Å². The summed E-state index contributed by atoms with van der Waals surface area (Å²) >= 11 is 0. The molecule has 3 heteroatoms. The quantitative estimate of drug-likeness (QED) is 0.235. The maximum atomic E-state index is 2.70. The number of hydrogen-bond acceptors (Lipinski definition) is 0. The normalized spacial score (nSPS) is 18.1. The fourth-order valence-corrected chi connectivity index (χ4v) is 15.5. The monoisotopic (exact) mass is 578 g/mol. The smallest absolute Gasteiger partial charge is 0.00208 e. The van der Waals surface area contributed by atoms with Crippen molar-refractivity contribution in [1.82, 2.24) is 0 Å². The molecule has 0 saturated heterocycles. The Balaban J connectivity index is 2.37. The third kappa shape index (κ3) is 6.68. The molecule has 0 aliphatic heterocycles. The minimum absolute atomic E-state index is 0.198. The van der Waals surface area contributed by atoms with Crippen LogP contribution in [0, 0.1) is 0 Å². The Morgan fingerprint density at radius 3 is 1.39 bits per heavy atom. The van der Waals surface area contributed by atoms with Gasteiger partial charge >= 0.3 is 0 Å². The average Bonchev–Trinajstić information content (AvgIpc) is 2.85. The molecule has 0 fully saturated rings. The zero-order valence-corrected chi connectivity index (χ0v) is 29.9. The first kappa shape index (κ1) is 33.7. The topological polar surface area (TPSA) is 0 Å². The SMILES string of the molecule is CC(C)S(C)(C(C)CCC(C)(C)S(C)(c1ccccc1)c1ccccc1)C(C)(C)CCS(C)(C)C(C)(C)C. The Hall–Kier alpha value is -0.510. The highest BCUT2D eigenvalue weighted by atomic mass is 32.3. The van der Waals surface area contributed by atoms with E-state index < -0.39 is 30.1 Å². The Kier molecular flexibility index (Phi) is 10.8. The summed E-state index contributed by atoms with van der Waals surface area (Å²) < 4.78 is 0.976. The van der Waals surface area contributed by atoms with Crippen LogP contribution in [-0.4, -0.2) is 55.5 Å². The van der Waals surface area contributed by atoms with E-state index in [-0.39, 0.29) is 4.75 Å². The third-order valence-corrected chi connectivity index (χ3v) is 26.4. The van der Waals surface area contributed by atoms with Crippen LogP contribution in [0.1, 0.15) is 88.5 Å². The van der Waals surface area contributed by atoms with E-state index in [0.29, 0.717) is 9.49 Å². The van der Waals surface area contributed by atoms with Gasteiger partial charge in [-0.3, -0.25) is 0 Å². The average molecular weight is 579 g/mol. The second-order valence-corrected chi connectivity index (χ2v) is 28.2. The highest BCUT2D eigenvalue weighted by molar-refractivity contribution is 8.35. The summed E-state index contributed by atoms with van der Waals surface area (Å²) in [5.74, 6) is 1.38. The Morgan fingerprint density at radius 1 is 0.605 bits per heavy atom. The highest BCUT2D eigenvalue weighted by Gasteiger charge is 2.45. The molecule has 0 aromatic heterocycles. The predicted molar refractivity (Wildman–Crippen MR) is 187 cm³/mol. The second-order valence-electron chi connectivity index (χ2n) is 14.6. The van der Waals surface area contributed by atoms with Gasteiger partial charge in [0.1, 0.15) is 0 Å². The van der Waals surface area contributed by atoms with Gasteiger partial charge in [0.05, 0.1) is 0 Å². The Labute approximate surface area is 243 Å². The lowest BCUT2D eigenvalue weighted by molar-refractivity contribution is 0.576. The largest absolute Gasteiger partial charge is 0.242 e. The molecule has 0 N–H and O–H groups in total. The van der Waals surface area contributed by atoms with E-state index in [9.17, 15) is 0 Å². The number of benzene rings is 2. The first-order chi connectivity index (χ1) is 17.2. The zero-order chi connectivity index (χ0) is 29.2. The van der Waals surface area contributed by atoms with Crippen molar-refractivity contribution in [2.24, 2.45) is 0 Å². The van der Waals surface area contributed by atoms with Crippen molar-refractivity contribution in [2.45, 2.75) is 123 Å². The minimum atomic E-state index is -1.20. The molecule has 2 aromatic carbocycles. The van der Waals surface area contributed by atoms with Gasteiger partial charge in [-0.05, 0) is 104 Å². The molecule has 2 atom stereocenters. The summed E-state index contributed by atoms with van der Waals surface area (Å²) in [6.07, 6.45) is 14.3. The van der Waals surface area contributed by atoms with Gasteiger partial charge in [0.25, 0.3) is 0 Å². The van der Waals surface area contributed by atoms with E-state index in [1.54, 1.807) is 0 Å². The molecule has 2 unspecified atom stereocenters. The molecule has 0 bridgehead atoms. The van der Waals surface area contributed by atoms with Crippen molar-refractivity contribution < 1.29 is 0 Å². The van der Waals surface area contributed by atoms with Crippen LogP contribution in [0.2, 0.25) is 0 Å². The Bertz CT molecular complexity index is 959. The van der Waals surface area contributed by atoms with Crippen LogP contribution >= 0.6 is 30.1 Å². The molecule has 2 aromatic rings. The predicted octanol–water partition coefficient (Wildman–Crippen LogP) is 11.4. The summed E-state index contributed by atoms with van der Waals surface area (Å²) in [5, 5.41) is 1.46. The molecule has 0 heterocycles. The van der Waals surface area contributed by atoms with E-state index >= 15 is 0 Å². The van der Waals surface area contributed by atoms with E-state index in [4.69, 9.17) is 0 Å². The van der Waals surface area contributed by atoms with Gasteiger partial charge in [0.15, 0.2) is 0 Å². The molecule has 0 saturated carbocycles. The first-order valence-corrected chi connectivity index (χ1v) is 21.4. The zero-order valence-electron chi connectivity index (χ0n) is 27.5. The minimum Gasteiger partial charge on any atom is -0.242 e. The van der Waals surface area contributed by atoms with Crippen LogP contribution < -0.4 is 0 Å². The lowest BCUT2D eigenvalue weighted by Gasteiger charge is -2.59. The van der Waals surface area contributed by atoms with E-state index in [2.05, 4.69) is 155 Å². The van der Waals surface area contributed by atoms with E-state index in [1.807, 2.05) is 0 Å². The van der Waals surface area contributed by atoms with Crippen molar-refractivity contribution in [3.63, 3.8) is 0 Å². The Morgan fingerprint density at radius 2 is 1.03 bits per heavy atom. The lowest BCUT2D eigenvalue weighted by atomic mass is 10.1. The molecule has 2 rings (SSSR count). The molecular weight excluding hydrogens is 517 g/mol. The second kappa shape index (κ2) is 12.2. The summed E-state index contributed by atoms with van der Waals surface area (Å²) in [5.41, 5.74) is 0. The van der Waals surface area contributed by atoms with Crippen LogP contribution in [-0.2, 0) is 0 Å². The van der Waals surface area contributed by atoms with Crippen molar-refractivity contribution in [2.75, 3.05) is 30.8 Å². The molecule has 0 spiro atoms. The summed E-state index contributed by atoms with van der Waals surface area (Å²) in [7, 11) is -2.70. The van der Waals surface area contributed by atoms with Crippen molar-refractivity contribution >= 4 is 30.1 Å². The van der Waals surface area contributed by atoms with Gasteiger partial charge in [0, 0.05) is 4.75 Å². The van der Waals surface area contributed by atoms with Crippen LogP contribution in [0.4, 0.5) is 0 Å². The van der Waals surface area contributed by atoms with Crippen molar-refractivity contribution in [1.29, 1.82) is 0 Å². The van der Waals surface area contributed by atoms with Crippen LogP contribution in [0.25, 0.3) is 0 Å². The number of rotatable bonds is 12. The molecular formula is C35H62S3. The fourth-order valence-electron chi connectivity index (χ4n) is 5.83. The van der Waals surface area contributed by atoms with Gasteiger partial charge in [-0.25, -0.2) is 20.1 Å². The highest BCUT2D eigenvalue weighted by Crippen LogP contribution is 2.71. The molecule has 220 valence electrons. The van der Waals surface area contributed by atoms with Gasteiger partial charge in [0.2, 0.25) is 0 Å². The standard InChI is InChI=1S/C35H62S3/c1-29(2)37(13,35(9,10)27-28-36(11,12)33(4,5)6)30(3)25-26-34(7,8)38(14,31-21-17-15-18-22-31)32-23-19-16-20-24-32/h15-24,29-30H,25-28H2,1-14H3. The number of hydrogen-bond donors (Lipinski definition) is 0. The van der Waals surface area contributed by atoms with Gasteiger partial charge < -0.3 is 0 Å². The van der Waals surface area contributed by atoms with Gasteiger partial charge in [-0.15, -0.1) is 0 Å². The molecule has 0 radical (unpaired) electrons. The van der Waals surface area contributed by atoms with Crippen molar-refractivity contribution in [3.05, 3.63) is 60.7 Å². The molecule has 0 nitrogen and oxygen atoms in total. The van der Waals surface area contributed by atoms with Crippen LogP contribution in [0.15, 0.2) is 70.5 Å². The summed E-state index contributed by atoms with van der Waals surface area (Å²) in [6, 6.07) is 22.7. The lowest BCUT2D eigenvalue weighted by Crippen LogP contribution is -2.42.